The molecule has 8 nitrogen and oxygen atoms in total. The van der Waals surface area contributed by atoms with Crippen LogP contribution in [0.3, 0.4) is 0 Å². The number of hydrogen-bond acceptors (Lipinski definition) is 5. The highest BCUT2D eigenvalue weighted by Gasteiger charge is 2.19. The van der Waals surface area contributed by atoms with E-state index in [1.807, 2.05) is 13.8 Å². The van der Waals surface area contributed by atoms with Crippen LogP contribution in [-0.4, -0.2) is 25.1 Å². The summed E-state index contributed by atoms with van der Waals surface area (Å²) in [6.45, 7) is 8.33. The van der Waals surface area contributed by atoms with Gasteiger partial charge in [-0.05, 0) is 13.3 Å². The minimum absolute atomic E-state index is 0.0268. The Morgan fingerprint density at radius 2 is 1.96 bits per heavy atom. The van der Waals surface area contributed by atoms with Crippen molar-refractivity contribution in [1.29, 1.82) is 0 Å². The summed E-state index contributed by atoms with van der Waals surface area (Å²) >= 11 is 0. The zero-order valence-corrected chi connectivity index (χ0v) is 14.6. The van der Waals surface area contributed by atoms with Gasteiger partial charge in [-0.2, -0.15) is 0 Å². The van der Waals surface area contributed by atoms with E-state index >= 15 is 0 Å². The zero-order chi connectivity index (χ0) is 17.9. The minimum atomic E-state index is -0.474. The number of hydrogen-bond donors (Lipinski definition) is 1. The fourth-order valence-electron chi connectivity index (χ4n) is 2.49. The molecule has 8 heteroatoms. The van der Waals surface area contributed by atoms with Crippen LogP contribution >= 0.6 is 0 Å². The Morgan fingerprint density at radius 3 is 2.54 bits per heavy atom. The molecule has 0 fully saturated rings. The highest BCUT2D eigenvalue weighted by atomic mass is 16.5. The topological polar surface area (TPSA) is 99.0 Å². The zero-order valence-electron chi connectivity index (χ0n) is 14.6. The molecule has 0 radical (unpaired) electrons. The van der Waals surface area contributed by atoms with Gasteiger partial charge in [-0.3, -0.25) is 19.1 Å². The number of rotatable bonds is 7. The Bertz CT molecular complexity index is 844. The highest BCUT2D eigenvalue weighted by Crippen LogP contribution is 2.13. The Morgan fingerprint density at radius 1 is 1.25 bits per heavy atom. The quantitative estimate of drug-likeness (QED) is 0.771. The van der Waals surface area contributed by atoms with Gasteiger partial charge in [-0.25, -0.2) is 9.78 Å². The number of carbonyl (C=O) groups excluding carboxylic acids is 1. The second-order valence-corrected chi connectivity index (χ2v) is 5.97. The molecule has 0 aliphatic heterocycles. The lowest BCUT2D eigenvalue weighted by Crippen LogP contribution is -2.31. The summed E-state index contributed by atoms with van der Waals surface area (Å²) in [5, 5.41) is 0. The Kier molecular flexibility index (Phi) is 5.58. The summed E-state index contributed by atoms with van der Waals surface area (Å²) in [6, 6.07) is 0. The minimum Gasteiger partial charge on any atom is -0.457 e. The van der Waals surface area contributed by atoms with Gasteiger partial charge in [0.05, 0.1) is 5.92 Å². The molecule has 0 atom stereocenters. The highest BCUT2D eigenvalue weighted by molar-refractivity contribution is 5.72. The smallest absolute Gasteiger partial charge is 0.330 e. The molecule has 0 saturated carbocycles. The van der Waals surface area contributed by atoms with Gasteiger partial charge in [0.2, 0.25) is 0 Å². The van der Waals surface area contributed by atoms with Crippen molar-refractivity contribution in [1.82, 2.24) is 19.1 Å². The summed E-state index contributed by atoms with van der Waals surface area (Å²) in [4.78, 5) is 42.8. The molecule has 24 heavy (non-hydrogen) atoms. The van der Waals surface area contributed by atoms with Crippen LogP contribution in [0.15, 0.2) is 9.59 Å². The number of unbranched alkanes of at least 4 members (excludes halogenated alkanes) is 1. The van der Waals surface area contributed by atoms with E-state index in [1.165, 1.54) is 4.57 Å². The molecule has 0 spiro atoms. The second-order valence-electron chi connectivity index (χ2n) is 5.97. The van der Waals surface area contributed by atoms with Gasteiger partial charge in [-0.1, -0.05) is 27.2 Å². The van der Waals surface area contributed by atoms with Crippen LogP contribution in [0.2, 0.25) is 0 Å². The van der Waals surface area contributed by atoms with Gasteiger partial charge in [0.15, 0.2) is 11.2 Å². The number of aromatic amines is 1. The fraction of sp³-hybridized carbons (Fsp3) is 0.625. The lowest BCUT2D eigenvalue weighted by molar-refractivity contribution is -0.148. The van der Waals surface area contributed by atoms with E-state index in [4.69, 9.17) is 4.74 Å². The first-order valence-electron chi connectivity index (χ1n) is 8.29. The molecule has 0 bridgehead atoms. The largest absolute Gasteiger partial charge is 0.457 e. The summed E-state index contributed by atoms with van der Waals surface area (Å²) in [6.07, 6.45) is 1.72. The lowest BCUT2D eigenvalue weighted by atomic mass is 10.2. The van der Waals surface area contributed by atoms with Gasteiger partial charge < -0.3 is 9.30 Å². The van der Waals surface area contributed by atoms with Crippen molar-refractivity contribution in [2.75, 3.05) is 0 Å². The number of H-pyrrole nitrogens is 1. The Hall–Kier alpha value is -2.38. The van der Waals surface area contributed by atoms with E-state index < -0.39 is 11.2 Å². The van der Waals surface area contributed by atoms with Gasteiger partial charge in [0.1, 0.15) is 12.4 Å². The Balaban J connectivity index is 2.53. The number of aromatic nitrogens is 4. The summed E-state index contributed by atoms with van der Waals surface area (Å²) < 4.78 is 8.39. The average molecular weight is 336 g/mol. The van der Waals surface area contributed by atoms with E-state index in [9.17, 15) is 14.4 Å². The van der Waals surface area contributed by atoms with Gasteiger partial charge in [0, 0.05) is 13.1 Å². The average Bonchev–Trinajstić information content (AvgIpc) is 2.91. The van der Waals surface area contributed by atoms with Gasteiger partial charge in [0.25, 0.3) is 5.56 Å². The SMILES string of the molecule is CCCCn1c(=O)[nH]c(=O)c2c1nc(COC(=O)C(C)C)n2CC. The molecule has 132 valence electrons. The molecule has 0 amide bonds. The van der Waals surface area contributed by atoms with Crippen molar-refractivity contribution in [2.24, 2.45) is 5.92 Å². The van der Waals surface area contributed by atoms with Crippen LogP contribution in [0.1, 0.15) is 46.4 Å². The third-order valence-corrected chi connectivity index (χ3v) is 3.83. The number of fused-ring (bicyclic) bond motifs is 1. The van der Waals surface area contributed by atoms with Crippen molar-refractivity contribution in [3.8, 4) is 0 Å². The van der Waals surface area contributed by atoms with E-state index in [0.29, 0.717) is 30.1 Å². The lowest BCUT2D eigenvalue weighted by Gasteiger charge is -2.08. The van der Waals surface area contributed by atoms with E-state index in [2.05, 4.69) is 9.97 Å². The van der Waals surface area contributed by atoms with E-state index in [0.717, 1.165) is 12.8 Å². The maximum absolute atomic E-state index is 12.2. The number of carbonyl (C=O) groups is 1. The number of imidazole rings is 1. The van der Waals surface area contributed by atoms with E-state index in [-0.39, 0.29) is 18.5 Å². The van der Waals surface area contributed by atoms with Crippen molar-refractivity contribution in [3.63, 3.8) is 0 Å². The predicted molar refractivity (Wildman–Crippen MR) is 89.8 cm³/mol. The third kappa shape index (κ3) is 3.42. The third-order valence-electron chi connectivity index (χ3n) is 3.83. The number of esters is 1. The molecule has 2 aromatic heterocycles. The van der Waals surface area contributed by atoms with Gasteiger partial charge in [-0.15, -0.1) is 0 Å². The molecular weight excluding hydrogens is 312 g/mol. The van der Waals surface area contributed by atoms with Crippen LogP contribution < -0.4 is 11.2 Å². The molecule has 0 aromatic carbocycles. The molecule has 2 heterocycles. The number of aryl methyl sites for hydroxylation is 2. The van der Waals surface area contributed by atoms with Crippen molar-refractivity contribution < 1.29 is 9.53 Å². The van der Waals surface area contributed by atoms with Crippen molar-refractivity contribution in [3.05, 3.63) is 26.7 Å². The summed E-state index contributed by atoms with van der Waals surface area (Å²) in [5.74, 6) is -0.111. The standard InChI is InChI=1S/C16H24N4O4/c1-5-7-8-20-13-12(14(21)18-16(20)23)19(6-2)11(17-13)9-24-15(22)10(3)4/h10H,5-9H2,1-4H3,(H,18,21,23). The predicted octanol–water partition coefficient (Wildman–Crippen LogP) is 1.41. The Labute approximate surface area is 139 Å². The summed E-state index contributed by atoms with van der Waals surface area (Å²) in [5.41, 5.74) is -0.260. The molecule has 2 aromatic rings. The first-order valence-corrected chi connectivity index (χ1v) is 8.29. The number of nitrogens with zero attached hydrogens (tertiary/aromatic N) is 3. The first kappa shape index (κ1) is 18.0. The number of nitrogens with one attached hydrogen (secondary N) is 1. The van der Waals surface area contributed by atoms with Crippen LogP contribution in [0.4, 0.5) is 0 Å². The molecule has 0 aliphatic carbocycles. The van der Waals surface area contributed by atoms with Crippen LogP contribution in [0, 0.1) is 5.92 Å². The van der Waals surface area contributed by atoms with Crippen LogP contribution in [0.25, 0.3) is 11.2 Å². The van der Waals surface area contributed by atoms with Crippen LogP contribution in [-0.2, 0) is 29.2 Å². The fourth-order valence-corrected chi connectivity index (χ4v) is 2.49. The van der Waals surface area contributed by atoms with E-state index in [1.54, 1.807) is 18.4 Å². The molecular formula is C16H24N4O4. The maximum Gasteiger partial charge on any atom is 0.330 e. The molecule has 0 aliphatic rings. The molecule has 1 N–H and O–H groups in total. The molecule has 2 rings (SSSR count). The van der Waals surface area contributed by atoms with Gasteiger partial charge >= 0.3 is 11.7 Å². The monoisotopic (exact) mass is 336 g/mol. The van der Waals surface area contributed by atoms with Crippen molar-refractivity contribution in [2.45, 2.75) is 60.2 Å². The van der Waals surface area contributed by atoms with Crippen LogP contribution in [0.5, 0.6) is 0 Å². The van der Waals surface area contributed by atoms with Crippen molar-refractivity contribution >= 4 is 17.1 Å². The first-order chi connectivity index (χ1) is 11.4. The molecule has 0 unspecified atom stereocenters. The summed E-state index contributed by atoms with van der Waals surface area (Å²) in [7, 11) is 0. The number of ether oxygens (including phenoxy) is 1. The second kappa shape index (κ2) is 7.46. The normalized spacial score (nSPS) is 11.4. The molecule has 0 saturated heterocycles. The maximum atomic E-state index is 12.2.